The van der Waals surface area contributed by atoms with E-state index in [9.17, 15) is 0 Å². The average Bonchev–Trinajstić information content (AvgIpc) is 2.33. The lowest BCUT2D eigenvalue weighted by Crippen LogP contribution is -2.58. The lowest BCUT2D eigenvalue weighted by molar-refractivity contribution is -0.150. The molecule has 1 fully saturated rings. The monoisotopic (exact) mass is 247 g/mol. The van der Waals surface area contributed by atoms with Crippen molar-refractivity contribution in [3.05, 3.63) is 0 Å². The molecule has 1 aliphatic rings. The maximum absolute atomic E-state index is 5.87. The molecule has 0 heterocycles. The van der Waals surface area contributed by atoms with Gasteiger partial charge < -0.3 is 24.7 Å². The second-order valence-corrected chi connectivity index (χ2v) is 4.25. The van der Waals surface area contributed by atoms with Crippen molar-refractivity contribution in [1.29, 1.82) is 0 Å². The largest absolute Gasteiger partial charge is 0.382 e. The molecule has 1 aliphatic carbocycles. The highest BCUT2D eigenvalue weighted by Crippen LogP contribution is 2.25. The molecule has 0 aromatic rings. The highest BCUT2D eigenvalue weighted by atomic mass is 16.6. The molecule has 3 atom stereocenters. The number of hydrogen-bond donors (Lipinski definition) is 1. The third kappa shape index (κ3) is 5.31. The Balaban J connectivity index is 2.03. The van der Waals surface area contributed by atoms with Gasteiger partial charge in [0.2, 0.25) is 0 Å². The first kappa shape index (κ1) is 14.9. The first-order chi connectivity index (χ1) is 8.29. The topological polar surface area (TPSA) is 62.9 Å². The van der Waals surface area contributed by atoms with E-state index < -0.39 is 0 Å². The molecule has 0 bridgehead atoms. The highest BCUT2D eigenvalue weighted by Gasteiger charge is 2.40. The smallest absolute Gasteiger partial charge is 0.0989 e. The van der Waals surface area contributed by atoms with Gasteiger partial charge in [0.05, 0.1) is 38.6 Å². The zero-order valence-corrected chi connectivity index (χ0v) is 10.9. The fourth-order valence-corrected chi connectivity index (χ4v) is 1.78. The predicted molar refractivity (Wildman–Crippen MR) is 65.1 cm³/mol. The molecule has 1 rings (SSSR count). The normalized spacial score (nSPS) is 28.1. The van der Waals surface area contributed by atoms with Crippen molar-refractivity contribution in [2.24, 2.45) is 5.73 Å². The van der Waals surface area contributed by atoms with Crippen LogP contribution in [0, 0.1) is 0 Å². The highest BCUT2D eigenvalue weighted by molar-refractivity contribution is 4.95. The van der Waals surface area contributed by atoms with E-state index in [0.29, 0.717) is 26.4 Å². The summed E-state index contributed by atoms with van der Waals surface area (Å²) in [5, 5.41) is 0. The summed E-state index contributed by atoms with van der Waals surface area (Å²) in [5.74, 6) is 0. The minimum atomic E-state index is 0.0105. The molecule has 5 nitrogen and oxygen atoms in total. The van der Waals surface area contributed by atoms with Gasteiger partial charge in [0.1, 0.15) is 0 Å². The van der Waals surface area contributed by atoms with Crippen molar-refractivity contribution >= 4 is 0 Å². The molecule has 0 aromatic carbocycles. The summed E-state index contributed by atoms with van der Waals surface area (Å²) in [4.78, 5) is 0. The van der Waals surface area contributed by atoms with Crippen molar-refractivity contribution in [2.75, 3.05) is 40.1 Å². The SMILES string of the molecule is CCCOCCOC1CC(N)C1OCCOC. The molecule has 3 unspecified atom stereocenters. The van der Waals surface area contributed by atoms with Gasteiger partial charge in [-0.3, -0.25) is 0 Å². The predicted octanol–water partition coefficient (Wildman–Crippen LogP) is 0.561. The Hall–Kier alpha value is -0.200. The van der Waals surface area contributed by atoms with Gasteiger partial charge in [0.25, 0.3) is 0 Å². The summed E-state index contributed by atoms with van der Waals surface area (Å²) in [6, 6.07) is 0.0911. The number of hydrogen-bond acceptors (Lipinski definition) is 5. The standard InChI is InChI=1S/C12H25NO4/c1-3-4-15-6-8-16-11-9-10(13)12(11)17-7-5-14-2/h10-12H,3-9,13H2,1-2H3. The number of methoxy groups -OCH3 is 1. The first-order valence-electron chi connectivity index (χ1n) is 6.35. The molecule has 5 heteroatoms. The van der Waals surface area contributed by atoms with Gasteiger partial charge in [-0.2, -0.15) is 0 Å². The summed E-state index contributed by atoms with van der Waals surface area (Å²) in [6.07, 6.45) is 2.03. The summed E-state index contributed by atoms with van der Waals surface area (Å²) in [6.45, 7) is 5.30. The van der Waals surface area contributed by atoms with Gasteiger partial charge in [0, 0.05) is 19.8 Å². The van der Waals surface area contributed by atoms with E-state index in [1.54, 1.807) is 7.11 Å². The second-order valence-electron chi connectivity index (χ2n) is 4.25. The third-order valence-electron chi connectivity index (χ3n) is 2.80. The molecule has 1 saturated carbocycles. The Morgan fingerprint density at radius 2 is 1.82 bits per heavy atom. The van der Waals surface area contributed by atoms with E-state index >= 15 is 0 Å². The van der Waals surface area contributed by atoms with E-state index in [2.05, 4.69) is 6.92 Å². The third-order valence-corrected chi connectivity index (χ3v) is 2.80. The van der Waals surface area contributed by atoms with Crippen molar-refractivity contribution < 1.29 is 18.9 Å². The minimum absolute atomic E-state index is 0.0105. The van der Waals surface area contributed by atoms with Crippen LogP contribution in [0.15, 0.2) is 0 Å². The van der Waals surface area contributed by atoms with Crippen molar-refractivity contribution in [3.63, 3.8) is 0 Å². The average molecular weight is 247 g/mol. The second kappa shape index (κ2) is 8.83. The minimum Gasteiger partial charge on any atom is -0.382 e. The zero-order valence-electron chi connectivity index (χ0n) is 10.9. The van der Waals surface area contributed by atoms with Crippen LogP contribution < -0.4 is 5.73 Å². The quantitative estimate of drug-likeness (QED) is 0.572. The number of nitrogens with two attached hydrogens (primary N) is 1. The number of rotatable bonds is 10. The zero-order chi connectivity index (χ0) is 12.5. The van der Waals surface area contributed by atoms with Gasteiger partial charge in [0.15, 0.2) is 0 Å². The van der Waals surface area contributed by atoms with E-state index in [0.717, 1.165) is 19.4 Å². The van der Waals surface area contributed by atoms with E-state index in [4.69, 9.17) is 24.7 Å². The molecule has 0 aliphatic heterocycles. The van der Waals surface area contributed by atoms with Crippen molar-refractivity contribution in [2.45, 2.75) is 38.0 Å². The summed E-state index contributed by atoms with van der Waals surface area (Å²) in [5.41, 5.74) is 5.87. The lowest BCUT2D eigenvalue weighted by Gasteiger charge is -2.41. The maximum Gasteiger partial charge on any atom is 0.0989 e. The molecule has 0 saturated heterocycles. The van der Waals surface area contributed by atoms with Gasteiger partial charge in [-0.1, -0.05) is 6.92 Å². The Morgan fingerprint density at radius 1 is 1.06 bits per heavy atom. The van der Waals surface area contributed by atoms with Crippen LogP contribution >= 0.6 is 0 Å². The van der Waals surface area contributed by atoms with Crippen LogP contribution in [0.3, 0.4) is 0 Å². The molecule has 0 amide bonds. The van der Waals surface area contributed by atoms with Gasteiger partial charge >= 0.3 is 0 Å². The fourth-order valence-electron chi connectivity index (χ4n) is 1.78. The molecule has 102 valence electrons. The molecule has 2 N–H and O–H groups in total. The van der Waals surface area contributed by atoms with Crippen LogP contribution in [0.1, 0.15) is 19.8 Å². The van der Waals surface area contributed by atoms with Crippen LogP contribution in [-0.4, -0.2) is 58.4 Å². The maximum atomic E-state index is 5.87. The molecular formula is C12H25NO4. The Labute approximate surface area is 104 Å². The Bertz CT molecular complexity index is 191. The molecular weight excluding hydrogens is 222 g/mol. The summed E-state index contributed by atoms with van der Waals surface area (Å²) < 4.78 is 21.5. The Kier molecular flexibility index (Phi) is 7.72. The van der Waals surface area contributed by atoms with Crippen molar-refractivity contribution in [1.82, 2.24) is 0 Å². The van der Waals surface area contributed by atoms with Crippen LogP contribution in [0.2, 0.25) is 0 Å². The van der Waals surface area contributed by atoms with Crippen LogP contribution in [0.4, 0.5) is 0 Å². The molecule has 17 heavy (non-hydrogen) atoms. The van der Waals surface area contributed by atoms with Gasteiger partial charge in [-0.25, -0.2) is 0 Å². The molecule has 0 radical (unpaired) electrons. The van der Waals surface area contributed by atoms with Crippen LogP contribution in [0.5, 0.6) is 0 Å². The summed E-state index contributed by atoms with van der Waals surface area (Å²) in [7, 11) is 1.66. The van der Waals surface area contributed by atoms with E-state index in [1.807, 2.05) is 0 Å². The van der Waals surface area contributed by atoms with Crippen LogP contribution in [-0.2, 0) is 18.9 Å². The lowest BCUT2D eigenvalue weighted by atomic mass is 9.86. The summed E-state index contributed by atoms with van der Waals surface area (Å²) >= 11 is 0. The van der Waals surface area contributed by atoms with E-state index in [1.165, 1.54) is 0 Å². The first-order valence-corrected chi connectivity index (χ1v) is 6.35. The van der Waals surface area contributed by atoms with Gasteiger partial charge in [-0.05, 0) is 12.8 Å². The van der Waals surface area contributed by atoms with Gasteiger partial charge in [-0.15, -0.1) is 0 Å². The Morgan fingerprint density at radius 3 is 2.47 bits per heavy atom. The van der Waals surface area contributed by atoms with Crippen LogP contribution in [0.25, 0.3) is 0 Å². The molecule has 0 spiro atoms. The molecule has 0 aromatic heterocycles. The number of ether oxygens (including phenoxy) is 4. The fraction of sp³-hybridized carbons (Fsp3) is 1.00. The van der Waals surface area contributed by atoms with Crippen molar-refractivity contribution in [3.8, 4) is 0 Å². The van der Waals surface area contributed by atoms with E-state index in [-0.39, 0.29) is 18.2 Å².